The molecule has 0 aliphatic carbocycles. The largest absolute Gasteiger partial charge is 0.318 e. The van der Waals surface area contributed by atoms with E-state index in [2.05, 4.69) is 14.8 Å². The van der Waals surface area contributed by atoms with Gasteiger partial charge in [0.05, 0.1) is 5.75 Å². The van der Waals surface area contributed by atoms with Crippen LogP contribution in [0, 0.1) is 0 Å². The molecule has 0 radical (unpaired) electrons. The Bertz CT molecular complexity index is 643. The van der Waals surface area contributed by atoms with Crippen LogP contribution in [-0.4, -0.2) is 49.3 Å². The summed E-state index contributed by atoms with van der Waals surface area (Å²) in [7, 11) is -4.94. The van der Waals surface area contributed by atoms with Crippen molar-refractivity contribution in [2.45, 2.75) is 17.6 Å². The molecule has 130 valence electrons. The summed E-state index contributed by atoms with van der Waals surface area (Å²) >= 11 is 1.15. The Labute approximate surface area is 142 Å². The zero-order valence-corrected chi connectivity index (χ0v) is 15.7. The van der Waals surface area contributed by atoms with E-state index in [-0.39, 0.29) is 28.9 Å². The van der Waals surface area contributed by atoms with Gasteiger partial charge in [-0.1, -0.05) is 0 Å². The molecule has 11 heteroatoms. The molecule has 0 aliphatic rings. The topological polar surface area (TPSA) is 104 Å². The van der Waals surface area contributed by atoms with Gasteiger partial charge in [-0.2, -0.15) is 0 Å². The number of rotatable bonds is 10. The first-order valence-corrected chi connectivity index (χ1v) is 10.5. The first-order valence-electron chi connectivity index (χ1n) is 6.51. The van der Waals surface area contributed by atoms with Crippen LogP contribution in [0.1, 0.15) is 11.8 Å². The number of hydrogen-bond acceptors (Lipinski definition) is 6. The molecule has 1 heterocycles. The minimum absolute atomic E-state index is 0. The summed E-state index contributed by atoms with van der Waals surface area (Å²) in [5, 5.41) is 2.86. The van der Waals surface area contributed by atoms with Crippen LogP contribution in [0.3, 0.4) is 0 Å². The van der Waals surface area contributed by atoms with Crippen LogP contribution in [0.2, 0.25) is 0 Å². The van der Waals surface area contributed by atoms with Crippen molar-refractivity contribution in [2.24, 2.45) is 0 Å². The Morgan fingerprint density at radius 3 is 2.32 bits per heavy atom. The third kappa shape index (κ3) is 7.36. The first kappa shape index (κ1) is 21.8. The molecule has 0 aromatic carbocycles. The molecule has 1 aromatic heterocycles. The number of likely N-dealkylation sites (N-methyl/N-ethyl adjacent to an activating group) is 1. The SMILES string of the molecule is CCS(=O)(=O)NCCc1ccc(S(=O)(=O)NCCNC)s1.Cl. The van der Waals surface area contributed by atoms with E-state index in [0.717, 1.165) is 16.2 Å². The fourth-order valence-electron chi connectivity index (χ4n) is 1.45. The van der Waals surface area contributed by atoms with E-state index in [9.17, 15) is 16.8 Å². The molecule has 0 saturated carbocycles. The van der Waals surface area contributed by atoms with E-state index < -0.39 is 20.0 Å². The van der Waals surface area contributed by atoms with Crippen molar-refractivity contribution in [3.63, 3.8) is 0 Å². The fraction of sp³-hybridized carbons (Fsp3) is 0.636. The molecular weight excluding hydrogens is 370 g/mol. The lowest BCUT2D eigenvalue weighted by molar-refractivity contribution is 0.580. The Hall–Kier alpha value is -0.230. The van der Waals surface area contributed by atoms with E-state index in [4.69, 9.17) is 0 Å². The zero-order valence-electron chi connectivity index (χ0n) is 12.5. The molecule has 1 rings (SSSR count). The lowest BCUT2D eigenvalue weighted by atomic mass is 10.3. The van der Waals surface area contributed by atoms with Crippen LogP contribution in [-0.2, 0) is 26.5 Å². The van der Waals surface area contributed by atoms with Crippen LogP contribution in [0.4, 0.5) is 0 Å². The van der Waals surface area contributed by atoms with E-state index >= 15 is 0 Å². The fourth-order valence-corrected chi connectivity index (χ4v) is 4.50. The van der Waals surface area contributed by atoms with Crippen molar-refractivity contribution in [3.8, 4) is 0 Å². The third-order valence-corrected chi connectivity index (χ3v) is 7.14. The molecule has 0 unspecified atom stereocenters. The average molecular weight is 392 g/mol. The molecule has 0 saturated heterocycles. The van der Waals surface area contributed by atoms with Crippen molar-refractivity contribution in [2.75, 3.05) is 32.4 Å². The van der Waals surface area contributed by atoms with Crippen molar-refractivity contribution in [1.29, 1.82) is 0 Å². The Balaban J connectivity index is 0.00000441. The molecule has 0 atom stereocenters. The second kappa shape index (κ2) is 9.81. The Morgan fingerprint density at radius 1 is 1.05 bits per heavy atom. The number of nitrogens with one attached hydrogen (secondary N) is 3. The lowest BCUT2D eigenvalue weighted by Gasteiger charge is -2.04. The highest BCUT2D eigenvalue weighted by atomic mass is 35.5. The Morgan fingerprint density at radius 2 is 1.73 bits per heavy atom. The number of hydrogen-bond donors (Lipinski definition) is 3. The van der Waals surface area contributed by atoms with Gasteiger partial charge in [0.2, 0.25) is 20.0 Å². The summed E-state index contributed by atoms with van der Waals surface area (Å²) in [6, 6.07) is 3.24. The van der Waals surface area contributed by atoms with Crippen LogP contribution >= 0.6 is 23.7 Å². The van der Waals surface area contributed by atoms with Gasteiger partial charge in [0, 0.05) is 24.5 Å². The quantitative estimate of drug-likeness (QED) is 0.492. The minimum Gasteiger partial charge on any atom is -0.318 e. The van der Waals surface area contributed by atoms with Gasteiger partial charge in [0.15, 0.2) is 0 Å². The van der Waals surface area contributed by atoms with Crippen LogP contribution in [0.15, 0.2) is 16.3 Å². The standard InChI is InChI=1S/C11H21N3O4S3.ClH/c1-3-20(15,16)13-7-6-10-4-5-11(19-10)21(17,18)14-9-8-12-2;/h4-5,12-14H,3,6-9H2,1-2H3;1H. The van der Waals surface area contributed by atoms with Gasteiger partial charge in [-0.05, 0) is 32.5 Å². The highest BCUT2D eigenvalue weighted by Gasteiger charge is 2.16. The van der Waals surface area contributed by atoms with Crippen LogP contribution < -0.4 is 14.8 Å². The summed E-state index contributed by atoms with van der Waals surface area (Å²) in [4.78, 5) is 0.822. The number of thiophene rings is 1. The van der Waals surface area contributed by atoms with Gasteiger partial charge in [0.1, 0.15) is 4.21 Å². The Kier molecular flexibility index (Phi) is 9.71. The van der Waals surface area contributed by atoms with Gasteiger partial charge in [-0.25, -0.2) is 26.3 Å². The van der Waals surface area contributed by atoms with E-state index in [0.29, 0.717) is 19.5 Å². The minimum atomic E-state index is -3.48. The summed E-state index contributed by atoms with van der Waals surface area (Å²) < 4.78 is 51.7. The molecular formula is C11H22ClN3O4S3. The zero-order chi connectivity index (χ0) is 15.9. The van der Waals surface area contributed by atoms with Gasteiger partial charge in [-0.3, -0.25) is 0 Å². The molecule has 22 heavy (non-hydrogen) atoms. The van der Waals surface area contributed by atoms with Crippen molar-refractivity contribution >= 4 is 43.8 Å². The predicted molar refractivity (Wildman–Crippen MR) is 91.8 cm³/mol. The maximum absolute atomic E-state index is 12.0. The van der Waals surface area contributed by atoms with Crippen molar-refractivity contribution < 1.29 is 16.8 Å². The van der Waals surface area contributed by atoms with Crippen molar-refractivity contribution in [1.82, 2.24) is 14.8 Å². The van der Waals surface area contributed by atoms with E-state index in [1.807, 2.05) is 0 Å². The van der Waals surface area contributed by atoms with Gasteiger partial charge < -0.3 is 5.32 Å². The first-order chi connectivity index (χ1) is 9.80. The number of halogens is 1. The maximum atomic E-state index is 12.0. The molecule has 0 amide bonds. The second-order valence-corrected chi connectivity index (χ2v) is 9.53. The molecule has 3 N–H and O–H groups in total. The molecule has 1 aromatic rings. The third-order valence-electron chi connectivity index (χ3n) is 2.64. The van der Waals surface area contributed by atoms with Crippen LogP contribution in [0.25, 0.3) is 0 Å². The molecule has 0 aliphatic heterocycles. The predicted octanol–water partition coefficient (Wildman–Crippen LogP) is 0.149. The smallest absolute Gasteiger partial charge is 0.250 e. The monoisotopic (exact) mass is 391 g/mol. The molecule has 7 nitrogen and oxygen atoms in total. The summed E-state index contributed by atoms with van der Waals surface area (Å²) in [6.07, 6.45) is 0.468. The molecule has 0 fully saturated rings. The van der Waals surface area contributed by atoms with E-state index in [1.54, 1.807) is 20.0 Å². The molecule has 0 spiro atoms. The maximum Gasteiger partial charge on any atom is 0.250 e. The highest BCUT2D eigenvalue weighted by molar-refractivity contribution is 7.91. The average Bonchev–Trinajstić information content (AvgIpc) is 2.88. The summed E-state index contributed by atoms with van der Waals surface area (Å²) in [6.45, 7) is 2.71. The summed E-state index contributed by atoms with van der Waals surface area (Å²) in [5.74, 6) is 0.0342. The van der Waals surface area contributed by atoms with E-state index in [1.165, 1.54) is 6.07 Å². The second-order valence-electron chi connectivity index (χ2n) is 4.27. The normalized spacial score (nSPS) is 12.1. The van der Waals surface area contributed by atoms with Gasteiger partial charge in [0.25, 0.3) is 0 Å². The lowest BCUT2D eigenvalue weighted by Crippen LogP contribution is -2.30. The highest BCUT2D eigenvalue weighted by Crippen LogP contribution is 2.21. The van der Waals surface area contributed by atoms with Crippen LogP contribution in [0.5, 0.6) is 0 Å². The van der Waals surface area contributed by atoms with Gasteiger partial charge >= 0.3 is 0 Å². The molecule has 0 bridgehead atoms. The number of sulfonamides is 2. The van der Waals surface area contributed by atoms with Gasteiger partial charge in [-0.15, -0.1) is 23.7 Å². The van der Waals surface area contributed by atoms with Crippen molar-refractivity contribution in [3.05, 3.63) is 17.0 Å². The summed E-state index contributed by atoms with van der Waals surface area (Å²) in [5.41, 5.74) is 0.